The van der Waals surface area contributed by atoms with Crippen LogP contribution in [0, 0.1) is 0 Å². The van der Waals surface area contributed by atoms with Gasteiger partial charge in [0.1, 0.15) is 0 Å². The summed E-state index contributed by atoms with van der Waals surface area (Å²) in [5.41, 5.74) is 3.91. The van der Waals surface area contributed by atoms with Crippen LogP contribution in [0.25, 0.3) is 11.1 Å². The molecule has 1 heterocycles. The van der Waals surface area contributed by atoms with E-state index in [2.05, 4.69) is 42.2 Å². The van der Waals surface area contributed by atoms with E-state index in [0.29, 0.717) is 0 Å². The Morgan fingerprint density at radius 2 is 1.52 bits per heavy atom. The van der Waals surface area contributed by atoms with Crippen LogP contribution < -0.4 is 4.74 Å². The van der Waals surface area contributed by atoms with Crippen LogP contribution in [-0.2, 0) is 0 Å². The molecule has 0 amide bonds. The largest absolute Gasteiger partial charge is 0.478 e. The second kappa shape index (κ2) is 11.1. The summed E-state index contributed by atoms with van der Waals surface area (Å²) in [5.74, 6) is 1.51. The molecule has 0 radical (unpaired) electrons. The van der Waals surface area contributed by atoms with Gasteiger partial charge in [0.2, 0.25) is 5.88 Å². The smallest absolute Gasteiger partial charge is 0.213 e. The van der Waals surface area contributed by atoms with Crippen LogP contribution in [0.15, 0.2) is 42.6 Å². The quantitative estimate of drug-likeness (QED) is 0.406. The Labute approximate surface area is 165 Å². The monoisotopic (exact) mass is 365 g/mol. The topological polar surface area (TPSA) is 22.1 Å². The molecule has 146 valence electrons. The SMILES string of the molecule is CCCCCCCCOc1ccc(-c2ccc(C3CCCCC3)cc2)cn1. The van der Waals surface area contributed by atoms with Gasteiger partial charge >= 0.3 is 0 Å². The summed E-state index contributed by atoms with van der Waals surface area (Å²) in [5, 5.41) is 0. The van der Waals surface area contributed by atoms with E-state index in [-0.39, 0.29) is 0 Å². The molecule has 2 heteroatoms. The number of hydrogen-bond acceptors (Lipinski definition) is 2. The number of benzene rings is 1. The molecule has 0 atom stereocenters. The fraction of sp³-hybridized carbons (Fsp3) is 0.560. The summed E-state index contributed by atoms with van der Waals surface area (Å²) in [4.78, 5) is 4.49. The Morgan fingerprint density at radius 1 is 0.815 bits per heavy atom. The van der Waals surface area contributed by atoms with Crippen molar-refractivity contribution in [1.82, 2.24) is 4.98 Å². The third-order valence-electron chi connectivity index (χ3n) is 5.80. The summed E-state index contributed by atoms with van der Waals surface area (Å²) in [6, 6.07) is 13.2. The Hall–Kier alpha value is -1.83. The molecule has 0 N–H and O–H groups in total. The lowest BCUT2D eigenvalue weighted by Gasteiger charge is -2.22. The Balaban J connectivity index is 1.45. The summed E-state index contributed by atoms with van der Waals surface area (Å²) in [6.07, 6.45) is 16.5. The van der Waals surface area contributed by atoms with Crippen molar-refractivity contribution in [2.24, 2.45) is 0 Å². The number of hydrogen-bond donors (Lipinski definition) is 0. The highest BCUT2D eigenvalue weighted by atomic mass is 16.5. The molecule has 0 saturated heterocycles. The van der Waals surface area contributed by atoms with Crippen molar-refractivity contribution >= 4 is 0 Å². The number of nitrogens with zero attached hydrogens (tertiary/aromatic N) is 1. The fourth-order valence-corrected chi connectivity index (χ4v) is 4.08. The molecule has 2 nitrogen and oxygen atoms in total. The van der Waals surface area contributed by atoms with Crippen LogP contribution in [0.5, 0.6) is 5.88 Å². The predicted molar refractivity (Wildman–Crippen MR) is 114 cm³/mol. The first-order valence-corrected chi connectivity index (χ1v) is 11.1. The van der Waals surface area contributed by atoms with Crippen LogP contribution in [0.1, 0.15) is 89.0 Å². The zero-order chi connectivity index (χ0) is 18.7. The molecule has 0 aliphatic heterocycles. The lowest BCUT2D eigenvalue weighted by Crippen LogP contribution is -2.04. The molecular formula is C25H35NO. The molecule has 3 rings (SSSR count). The highest BCUT2D eigenvalue weighted by Crippen LogP contribution is 2.33. The molecule has 2 aromatic rings. The minimum Gasteiger partial charge on any atom is -0.478 e. The van der Waals surface area contributed by atoms with Gasteiger partial charge in [-0.15, -0.1) is 0 Å². The number of rotatable bonds is 10. The van der Waals surface area contributed by atoms with Crippen LogP contribution in [0.3, 0.4) is 0 Å². The van der Waals surface area contributed by atoms with Crippen LogP contribution in [0.2, 0.25) is 0 Å². The molecule has 1 saturated carbocycles. The highest BCUT2D eigenvalue weighted by molar-refractivity contribution is 5.63. The Bertz CT molecular complexity index is 641. The average Bonchev–Trinajstić information content (AvgIpc) is 2.74. The van der Waals surface area contributed by atoms with E-state index < -0.39 is 0 Å². The van der Waals surface area contributed by atoms with Crippen molar-refractivity contribution in [3.05, 3.63) is 48.2 Å². The molecule has 1 fully saturated rings. The van der Waals surface area contributed by atoms with Crippen molar-refractivity contribution in [2.75, 3.05) is 6.61 Å². The number of aromatic nitrogens is 1. The van der Waals surface area contributed by atoms with Gasteiger partial charge in [0.25, 0.3) is 0 Å². The minimum absolute atomic E-state index is 0.742. The number of ether oxygens (including phenoxy) is 1. The van der Waals surface area contributed by atoms with E-state index >= 15 is 0 Å². The second-order valence-corrected chi connectivity index (χ2v) is 7.96. The first-order chi connectivity index (χ1) is 13.4. The van der Waals surface area contributed by atoms with E-state index in [9.17, 15) is 0 Å². The van der Waals surface area contributed by atoms with Gasteiger partial charge in [-0.1, -0.05) is 82.6 Å². The van der Waals surface area contributed by atoms with Gasteiger partial charge in [-0.05, 0) is 42.4 Å². The molecule has 0 bridgehead atoms. The van der Waals surface area contributed by atoms with Crippen LogP contribution in [-0.4, -0.2) is 11.6 Å². The lowest BCUT2D eigenvalue weighted by atomic mass is 9.84. The van der Waals surface area contributed by atoms with Crippen molar-refractivity contribution in [1.29, 1.82) is 0 Å². The van der Waals surface area contributed by atoms with Gasteiger partial charge in [-0.3, -0.25) is 0 Å². The zero-order valence-electron chi connectivity index (χ0n) is 17.0. The van der Waals surface area contributed by atoms with Crippen molar-refractivity contribution < 1.29 is 4.74 Å². The van der Waals surface area contributed by atoms with Crippen molar-refractivity contribution in [3.8, 4) is 17.0 Å². The Morgan fingerprint density at radius 3 is 2.22 bits per heavy atom. The fourth-order valence-electron chi connectivity index (χ4n) is 4.08. The molecule has 1 aliphatic carbocycles. The van der Waals surface area contributed by atoms with Gasteiger partial charge in [-0.2, -0.15) is 0 Å². The number of pyridine rings is 1. The molecule has 1 aromatic carbocycles. The van der Waals surface area contributed by atoms with E-state index in [4.69, 9.17) is 4.74 Å². The third-order valence-corrected chi connectivity index (χ3v) is 5.80. The molecule has 0 spiro atoms. The van der Waals surface area contributed by atoms with Crippen molar-refractivity contribution in [3.63, 3.8) is 0 Å². The van der Waals surface area contributed by atoms with E-state index in [1.807, 2.05) is 12.3 Å². The van der Waals surface area contributed by atoms with Gasteiger partial charge < -0.3 is 4.74 Å². The molecule has 1 aliphatic rings. The lowest BCUT2D eigenvalue weighted by molar-refractivity contribution is 0.293. The molecule has 1 aromatic heterocycles. The summed E-state index contributed by atoms with van der Waals surface area (Å²) < 4.78 is 5.79. The molecule has 0 unspecified atom stereocenters. The maximum atomic E-state index is 5.79. The van der Waals surface area contributed by atoms with E-state index in [1.54, 1.807) is 0 Å². The van der Waals surface area contributed by atoms with Crippen LogP contribution >= 0.6 is 0 Å². The number of unbranched alkanes of at least 4 members (excludes halogenated alkanes) is 5. The van der Waals surface area contributed by atoms with Gasteiger partial charge in [0.05, 0.1) is 6.61 Å². The molecule has 27 heavy (non-hydrogen) atoms. The normalized spacial score (nSPS) is 15.0. The second-order valence-electron chi connectivity index (χ2n) is 7.96. The average molecular weight is 366 g/mol. The maximum absolute atomic E-state index is 5.79. The van der Waals surface area contributed by atoms with Crippen LogP contribution in [0.4, 0.5) is 0 Å². The third kappa shape index (κ3) is 6.37. The highest BCUT2D eigenvalue weighted by Gasteiger charge is 2.15. The summed E-state index contributed by atoms with van der Waals surface area (Å²) >= 11 is 0. The van der Waals surface area contributed by atoms with Gasteiger partial charge in [-0.25, -0.2) is 4.98 Å². The maximum Gasteiger partial charge on any atom is 0.213 e. The van der Waals surface area contributed by atoms with Gasteiger partial charge in [0, 0.05) is 17.8 Å². The van der Waals surface area contributed by atoms with Gasteiger partial charge in [0.15, 0.2) is 0 Å². The first-order valence-electron chi connectivity index (χ1n) is 11.1. The van der Waals surface area contributed by atoms with Crippen molar-refractivity contribution in [2.45, 2.75) is 83.5 Å². The Kier molecular flexibility index (Phi) is 8.20. The summed E-state index contributed by atoms with van der Waals surface area (Å²) in [6.45, 7) is 3.03. The predicted octanol–water partition coefficient (Wildman–Crippen LogP) is 7.54. The zero-order valence-corrected chi connectivity index (χ0v) is 17.0. The van der Waals surface area contributed by atoms with E-state index in [0.717, 1.165) is 30.4 Å². The molecular weight excluding hydrogens is 330 g/mol. The minimum atomic E-state index is 0.742. The standard InChI is InChI=1S/C25H35NO/c1-2-3-4-5-6-10-19-27-25-18-17-24(20-26-25)23-15-13-22(14-16-23)21-11-8-7-9-12-21/h13-18,20-21H,2-12,19H2,1H3. The summed E-state index contributed by atoms with van der Waals surface area (Å²) in [7, 11) is 0. The first kappa shape index (κ1) is 19.9. The van der Waals surface area contributed by atoms with E-state index in [1.165, 1.54) is 75.3 Å².